The second kappa shape index (κ2) is 9.55. The summed E-state index contributed by atoms with van der Waals surface area (Å²) in [5, 5.41) is 14.4. The van der Waals surface area contributed by atoms with Gasteiger partial charge in [0, 0.05) is 24.0 Å². The van der Waals surface area contributed by atoms with Crippen molar-refractivity contribution in [3.05, 3.63) is 83.2 Å². The quantitative estimate of drug-likeness (QED) is 0.329. The summed E-state index contributed by atoms with van der Waals surface area (Å²) >= 11 is 6.22. The van der Waals surface area contributed by atoms with E-state index in [0.717, 1.165) is 16.7 Å². The molecule has 0 amide bonds. The van der Waals surface area contributed by atoms with E-state index >= 15 is 0 Å². The van der Waals surface area contributed by atoms with Crippen LogP contribution in [-0.4, -0.2) is 49.2 Å². The van der Waals surface area contributed by atoms with Gasteiger partial charge in [0.2, 0.25) is 0 Å². The van der Waals surface area contributed by atoms with Crippen molar-refractivity contribution < 1.29 is 14.6 Å². The van der Waals surface area contributed by atoms with Crippen molar-refractivity contribution in [3.8, 4) is 5.75 Å². The largest absolute Gasteiger partial charge is 0.497 e. The molecule has 0 bridgehead atoms. The molecular formula is C25H21ClN6O3. The number of methoxy groups -OCH3 is 1. The predicted octanol–water partition coefficient (Wildman–Crippen LogP) is 4.44. The lowest BCUT2D eigenvalue weighted by Gasteiger charge is -2.10. The minimum Gasteiger partial charge on any atom is -0.497 e. The Morgan fingerprint density at radius 1 is 1.14 bits per heavy atom. The zero-order chi connectivity index (χ0) is 24.4. The highest BCUT2D eigenvalue weighted by atomic mass is 35.5. The highest BCUT2D eigenvalue weighted by molar-refractivity contribution is 6.36. The number of carbonyl (C=O) groups is 1. The first-order chi connectivity index (χ1) is 17.0. The number of carboxylic acids is 1. The van der Waals surface area contributed by atoms with Crippen LogP contribution in [0, 0.1) is 0 Å². The molecule has 35 heavy (non-hydrogen) atoms. The second-order valence-electron chi connectivity index (χ2n) is 7.90. The first-order valence-electron chi connectivity index (χ1n) is 10.9. The van der Waals surface area contributed by atoms with Gasteiger partial charge in [0.1, 0.15) is 17.6 Å². The van der Waals surface area contributed by atoms with Crippen LogP contribution in [-0.2, 0) is 13.0 Å². The highest BCUT2D eigenvalue weighted by Gasteiger charge is 2.16. The van der Waals surface area contributed by atoms with E-state index in [1.807, 2.05) is 41.0 Å². The van der Waals surface area contributed by atoms with Crippen LogP contribution in [0.15, 0.2) is 61.2 Å². The molecule has 0 unspecified atom stereocenters. The SMILES string of the molecule is COc1ccc(Cn2cnc3c(NCCc4cc5cccc(Cl)c5c(C(=O)O)n4)ncnc32)cc1. The minimum absolute atomic E-state index is 0.0511. The number of nitrogens with zero attached hydrogens (tertiary/aromatic N) is 5. The maximum atomic E-state index is 11.8. The minimum atomic E-state index is -1.11. The predicted molar refractivity (Wildman–Crippen MR) is 133 cm³/mol. The van der Waals surface area contributed by atoms with Crippen molar-refractivity contribution in [1.29, 1.82) is 0 Å². The molecule has 3 aromatic heterocycles. The third kappa shape index (κ3) is 4.58. The van der Waals surface area contributed by atoms with Gasteiger partial charge < -0.3 is 19.7 Å². The summed E-state index contributed by atoms with van der Waals surface area (Å²) in [6.07, 6.45) is 3.72. The molecule has 0 atom stereocenters. The monoisotopic (exact) mass is 488 g/mol. The van der Waals surface area contributed by atoms with E-state index in [-0.39, 0.29) is 5.69 Å². The van der Waals surface area contributed by atoms with Crippen LogP contribution in [0.2, 0.25) is 5.02 Å². The molecule has 2 N–H and O–H groups in total. The molecule has 5 aromatic rings. The molecule has 10 heteroatoms. The molecule has 0 fully saturated rings. The van der Waals surface area contributed by atoms with E-state index in [1.54, 1.807) is 25.6 Å². The fourth-order valence-corrected chi connectivity index (χ4v) is 4.24. The van der Waals surface area contributed by atoms with E-state index in [4.69, 9.17) is 16.3 Å². The molecule has 2 aromatic carbocycles. The first kappa shape index (κ1) is 22.5. The number of halogens is 1. The maximum Gasteiger partial charge on any atom is 0.355 e. The third-order valence-corrected chi connectivity index (χ3v) is 5.96. The Hall–Kier alpha value is -4.24. The molecule has 0 spiro atoms. The van der Waals surface area contributed by atoms with Crippen molar-refractivity contribution >= 4 is 45.3 Å². The normalized spacial score (nSPS) is 11.1. The summed E-state index contributed by atoms with van der Waals surface area (Å²) in [6, 6.07) is 15.0. The number of benzene rings is 2. The number of aromatic nitrogens is 5. The Labute approximate surface area is 205 Å². The van der Waals surface area contributed by atoms with Crippen LogP contribution < -0.4 is 10.1 Å². The van der Waals surface area contributed by atoms with Crippen molar-refractivity contribution in [2.75, 3.05) is 19.0 Å². The number of carboxylic acid groups (broad SMARTS) is 1. The van der Waals surface area contributed by atoms with Gasteiger partial charge in [0.25, 0.3) is 0 Å². The lowest BCUT2D eigenvalue weighted by molar-refractivity contribution is 0.0692. The van der Waals surface area contributed by atoms with Gasteiger partial charge >= 0.3 is 5.97 Å². The number of imidazole rings is 1. The van der Waals surface area contributed by atoms with Crippen LogP contribution >= 0.6 is 11.6 Å². The fraction of sp³-hybridized carbons (Fsp3) is 0.160. The molecule has 0 aliphatic heterocycles. The Balaban J connectivity index is 1.33. The van der Waals surface area contributed by atoms with Crippen molar-refractivity contribution in [3.63, 3.8) is 0 Å². The van der Waals surface area contributed by atoms with Crippen LogP contribution in [0.5, 0.6) is 5.75 Å². The van der Waals surface area contributed by atoms with Gasteiger partial charge in [-0.1, -0.05) is 35.9 Å². The number of nitrogens with one attached hydrogen (secondary N) is 1. The molecular weight excluding hydrogens is 468 g/mol. The molecule has 0 saturated heterocycles. The topological polar surface area (TPSA) is 115 Å². The molecule has 176 valence electrons. The fourth-order valence-electron chi connectivity index (χ4n) is 3.97. The van der Waals surface area contributed by atoms with Gasteiger partial charge in [-0.05, 0) is 35.2 Å². The molecule has 9 nitrogen and oxygen atoms in total. The Morgan fingerprint density at radius 2 is 1.97 bits per heavy atom. The smallest absolute Gasteiger partial charge is 0.355 e. The molecule has 0 saturated carbocycles. The summed E-state index contributed by atoms with van der Waals surface area (Å²) in [7, 11) is 1.64. The van der Waals surface area contributed by atoms with Crippen LogP contribution in [0.25, 0.3) is 21.9 Å². The summed E-state index contributed by atoms with van der Waals surface area (Å²) in [4.78, 5) is 29.3. The number of fused-ring (bicyclic) bond motifs is 2. The number of aromatic carboxylic acids is 1. The standard InChI is InChI=1S/C25H21ClN6O3/c1-35-18-7-5-15(6-8-18)12-32-14-30-22-23(28-13-29-24(22)32)27-10-9-17-11-16-3-2-4-19(26)20(16)21(31-17)25(33)34/h2-8,11,13-14H,9-10,12H2,1H3,(H,33,34)(H,27,28,29). The molecule has 5 rings (SSSR count). The zero-order valence-electron chi connectivity index (χ0n) is 18.8. The molecule has 0 aliphatic carbocycles. The summed E-state index contributed by atoms with van der Waals surface area (Å²) in [5.41, 5.74) is 3.05. The van der Waals surface area contributed by atoms with Crippen molar-refractivity contribution in [2.24, 2.45) is 0 Å². The zero-order valence-corrected chi connectivity index (χ0v) is 19.5. The van der Waals surface area contributed by atoms with Gasteiger partial charge in [-0.25, -0.2) is 24.7 Å². The number of anilines is 1. The lowest BCUT2D eigenvalue weighted by Crippen LogP contribution is -2.11. The Morgan fingerprint density at radius 3 is 2.74 bits per heavy atom. The first-order valence-corrected chi connectivity index (χ1v) is 11.3. The van der Waals surface area contributed by atoms with Crippen molar-refractivity contribution in [1.82, 2.24) is 24.5 Å². The van der Waals surface area contributed by atoms with Crippen LogP contribution in [0.1, 0.15) is 21.7 Å². The van der Waals surface area contributed by atoms with Crippen molar-refractivity contribution in [2.45, 2.75) is 13.0 Å². The number of hydrogen-bond acceptors (Lipinski definition) is 7. The summed E-state index contributed by atoms with van der Waals surface area (Å²) in [5.74, 6) is 0.293. The van der Waals surface area contributed by atoms with Gasteiger partial charge in [-0.2, -0.15) is 0 Å². The number of ether oxygens (including phenoxy) is 1. The lowest BCUT2D eigenvalue weighted by atomic mass is 10.1. The summed E-state index contributed by atoms with van der Waals surface area (Å²) < 4.78 is 7.17. The number of rotatable bonds is 8. The van der Waals surface area contributed by atoms with Gasteiger partial charge in [-0.3, -0.25) is 0 Å². The summed E-state index contributed by atoms with van der Waals surface area (Å²) in [6.45, 7) is 1.09. The average molecular weight is 489 g/mol. The van der Waals surface area contributed by atoms with E-state index in [2.05, 4.69) is 25.3 Å². The van der Waals surface area contributed by atoms with Gasteiger partial charge in [0.15, 0.2) is 17.2 Å². The average Bonchev–Trinajstić information content (AvgIpc) is 3.27. The molecule has 3 heterocycles. The second-order valence-corrected chi connectivity index (χ2v) is 8.30. The van der Waals surface area contributed by atoms with Crippen LogP contribution in [0.3, 0.4) is 0 Å². The molecule has 0 aliphatic rings. The maximum absolute atomic E-state index is 11.8. The van der Waals surface area contributed by atoms with Gasteiger partial charge in [-0.15, -0.1) is 0 Å². The van der Waals surface area contributed by atoms with E-state index in [9.17, 15) is 9.90 Å². The number of hydrogen-bond donors (Lipinski definition) is 2. The molecule has 0 radical (unpaired) electrons. The third-order valence-electron chi connectivity index (χ3n) is 5.65. The van der Waals surface area contributed by atoms with Crippen LogP contribution in [0.4, 0.5) is 5.82 Å². The Bertz CT molecular complexity index is 1530. The van der Waals surface area contributed by atoms with E-state index in [0.29, 0.717) is 52.6 Å². The Kier molecular flexibility index (Phi) is 6.15. The van der Waals surface area contributed by atoms with E-state index < -0.39 is 5.97 Å². The number of pyridine rings is 1. The van der Waals surface area contributed by atoms with E-state index in [1.165, 1.54) is 6.33 Å². The van der Waals surface area contributed by atoms with Gasteiger partial charge in [0.05, 0.1) is 25.0 Å². The highest BCUT2D eigenvalue weighted by Crippen LogP contribution is 2.27.